The minimum absolute atomic E-state index is 0.316. The zero-order valence-corrected chi connectivity index (χ0v) is 10.2. The van der Waals surface area contributed by atoms with Gasteiger partial charge in [-0.2, -0.15) is 0 Å². The molecule has 0 atom stereocenters. The summed E-state index contributed by atoms with van der Waals surface area (Å²) in [5, 5.41) is 5.73. The van der Waals surface area contributed by atoms with Gasteiger partial charge in [0.2, 0.25) is 0 Å². The van der Waals surface area contributed by atoms with Gasteiger partial charge in [0.05, 0.1) is 17.3 Å². The third kappa shape index (κ3) is 4.36. The molecule has 1 aromatic rings. The normalized spacial score (nSPS) is 9.47. The summed E-state index contributed by atoms with van der Waals surface area (Å²) >= 11 is 9.00. The van der Waals surface area contributed by atoms with Crippen LogP contribution in [0, 0.1) is 0 Å². The molecule has 0 fully saturated rings. The minimum Gasteiger partial charge on any atom is -0.333 e. The average Bonchev–Trinajstić information content (AvgIpc) is 2.18. The topological polar surface area (TPSA) is 41.1 Å². The molecular weight excluding hydrogens is 279 g/mol. The van der Waals surface area contributed by atoms with Gasteiger partial charge in [0, 0.05) is 4.48 Å². The molecule has 15 heavy (non-hydrogen) atoms. The maximum atomic E-state index is 11.3. The number of carbonyl (C=O) groups excluding carboxylic acids is 1. The van der Waals surface area contributed by atoms with E-state index < -0.39 is 0 Å². The Morgan fingerprint density at radius 1 is 1.47 bits per heavy atom. The largest absolute Gasteiger partial charge is 0.333 e. The molecular formula is C10H10BrClN2O. The molecule has 1 aromatic carbocycles. The van der Waals surface area contributed by atoms with E-state index in [9.17, 15) is 4.79 Å². The molecule has 2 amide bonds. The van der Waals surface area contributed by atoms with E-state index in [4.69, 9.17) is 11.6 Å². The van der Waals surface area contributed by atoms with E-state index in [1.165, 1.54) is 0 Å². The smallest absolute Gasteiger partial charge is 0.319 e. The summed E-state index contributed by atoms with van der Waals surface area (Å²) in [5.74, 6) is 0. The zero-order valence-electron chi connectivity index (χ0n) is 7.89. The number of halogens is 2. The van der Waals surface area contributed by atoms with Crippen LogP contribution in [0.3, 0.4) is 0 Å². The molecule has 5 heteroatoms. The Hall–Kier alpha value is -1.00. The maximum Gasteiger partial charge on any atom is 0.319 e. The maximum absolute atomic E-state index is 11.3. The van der Waals surface area contributed by atoms with Gasteiger partial charge in [-0.05, 0) is 12.1 Å². The van der Waals surface area contributed by atoms with Crippen LogP contribution >= 0.6 is 27.5 Å². The lowest BCUT2D eigenvalue weighted by Crippen LogP contribution is -2.29. The Morgan fingerprint density at radius 3 is 2.73 bits per heavy atom. The summed E-state index contributed by atoms with van der Waals surface area (Å²) in [7, 11) is 0. The molecule has 0 spiro atoms. The van der Waals surface area contributed by atoms with Crippen molar-refractivity contribution in [2.24, 2.45) is 0 Å². The van der Waals surface area contributed by atoms with Crippen LogP contribution < -0.4 is 10.6 Å². The van der Waals surface area contributed by atoms with E-state index in [-0.39, 0.29) is 6.03 Å². The van der Waals surface area contributed by atoms with Gasteiger partial charge in [-0.1, -0.05) is 46.2 Å². The summed E-state index contributed by atoms with van der Waals surface area (Å²) in [5.41, 5.74) is 0.580. The van der Waals surface area contributed by atoms with Gasteiger partial charge >= 0.3 is 6.03 Å². The van der Waals surface area contributed by atoms with Crippen LogP contribution in [0.25, 0.3) is 0 Å². The van der Waals surface area contributed by atoms with Crippen LogP contribution in [0.4, 0.5) is 10.5 Å². The van der Waals surface area contributed by atoms with Crippen LogP contribution in [0.1, 0.15) is 0 Å². The van der Waals surface area contributed by atoms with Crippen LogP contribution in [-0.2, 0) is 0 Å². The summed E-state index contributed by atoms with van der Waals surface area (Å²) in [4.78, 5) is 11.3. The van der Waals surface area contributed by atoms with Crippen molar-refractivity contribution >= 4 is 39.2 Å². The summed E-state index contributed by atoms with van der Waals surface area (Å²) < 4.78 is 0.705. The number of hydrogen-bond donors (Lipinski definition) is 2. The van der Waals surface area contributed by atoms with E-state index in [0.29, 0.717) is 21.7 Å². The molecule has 2 N–H and O–H groups in total. The van der Waals surface area contributed by atoms with Gasteiger partial charge < -0.3 is 10.6 Å². The lowest BCUT2D eigenvalue weighted by atomic mass is 10.3. The van der Waals surface area contributed by atoms with Crippen LogP contribution in [-0.4, -0.2) is 12.6 Å². The minimum atomic E-state index is -0.316. The second kappa shape index (κ2) is 5.78. The first-order valence-electron chi connectivity index (χ1n) is 4.22. The Labute approximate surface area is 102 Å². The van der Waals surface area contributed by atoms with E-state index in [1.54, 1.807) is 24.3 Å². The molecule has 0 aromatic heterocycles. The lowest BCUT2D eigenvalue weighted by Gasteiger charge is -2.07. The molecule has 0 bridgehead atoms. The predicted molar refractivity (Wildman–Crippen MR) is 66.5 cm³/mol. The fourth-order valence-corrected chi connectivity index (χ4v) is 1.23. The standard InChI is InChI=1S/C10H10BrClN2O/c1-7(11)6-13-10(15)14-9-5-3-2-4-8(9)12/h2-5H,1,6H2,(H2,13,14,15). The second-order valence-corrected chi connectivity index (χ2v) is 4.33. The third-order valence-electron chi connectivity index (χ3n) is 1.56. The van der Waals surface area contributed by atoms with Crippen molar-refractivity contribution < 1.29 is 4.79 Å². The summed E-state index contributed by atoms with van der Waals surface area (Å²) in [6.45, 7) is 3.97. The number of rotatable bonds is 3. The molecule has 0 saturated heterocycles. The number of nitrogens with one attached hydrogen (secondary N) is 2. The van der Waals surface area contributed by atoms with Gasteiger partial charge in [-0.25, -0.2) is 4.79 Å². The van der Waals surface area contributed by atoms with Crippen molar-refractivity contribution in [2.45, 2.75) is 0 Å². The third-order valence-corrected chi connectivity index (χ3v) is 2.17. The van der Waals surface area contributed by atoms with Crippen LogP contribution in [0.2, 0.25) is 5.02 Å². The number of benzene rings is 1. The number of amides is 2. The Morgan fingerprint density at radius 2 is 2.13 bits per heavy atom. The predicted octanol–water partition coefficient (Wildman–Crippen LogP) is 3.37. The first kappa shape index (κ1) is 12.1. The van der Waals surface area contributed by atoms with Crippen molar-refractivity contribution in [3.63, 3.8) is 0 Å². The van der Waals surface area contributed by atoms with Crippen molar-refractivity contribution in [3.05, 3.63) is 40.3 Å². The highest BCUT2D eigenvalue weighted by Crippen LogP contribution is 2.19. The van der Waals surface area contributed by atoms with Gasteiger partial charge in [-0.3, -0.25) is 0 Å². The molecule has 80 valence electrons. The van der Waals surface area contributed by atoms with Crippen molar-refractivity contribution in [3.8, 4) is 0 Å². The number of anilines is 1. The molecule has 0 aliphatic carbocycles. The molecule has 0 aliphatic rings. The van der Waals surface area contributed by atoms with Gasteiger partial charge in [0.15, 0.2) is 0 Å². The summed E-state index contributed by atoms with van der Waals surface area (Å²) in [6, 6.07) is 6.71. The van der Waals surface area contributed by atoms with Crippen molar-refractivity contribution in [1.82, 2.24) is 5.32 Å². The average molecular weight is 290 g/mol. The SMILES string of the molecule is C=C(Br)CNC(=O)Nc1ccccc1Cl. The molecule has 0 radical (unpaired) electrons. The first-order valence-corrected chi connectivity index (χ1v) is 5.39. The Balaban J connectivity index is 2.52. The first-order chi connectivity index (χ1) is 7.09. The fraction of sp³-hybridized carbons (Fsp3) is 0.100. The molecule has 1 rings (SSSR count). The van der Waals surface area contributed by atoms with Gasteiger partial charge in [-0.15, -0.1) is 0 Å². The number of hydrogen-bond acceptors (Lipinski definition) is 1. The quantitative estimate of drug-likeness (QED) is 0.880. The molecule has 3 nitrogen and oxygen atoms in total. The van der Waals surface area contributed by atoms with Gasteiger partial charge in [0.1, 0.15) is 0 Å². The highest BCUT2D eigenvalue weighted by molar-refractivity contribution is 9.11. The van der Waals surface area contributed by atoms with E-state index in [2.05, 4.69) is 33.1 Å². The van der Waals surface area contributed by atoms with E-state index in [1.807, 2.05) is 0 Å². The van der Waals surface area contributed by atoms with Gasteiger partial charge in [0.25, 0.3) is 0 Å². The Kier molecular flexibility index (Phi) is 4.65. The lowest BCUT2D eigenvalue weighted by molar-refractivity contribution is 0.253. The molecule has 0 heterocycles. The highest BCUT2D eigenvalue weighted by atomic mass is 79.9. The van der Waals surface area contributed by atoms with E-state index >= 15 is 0 Å². The van der Waals surface area contributed by atoms with Crippen LogP contribution in [0.5, 0.6) is 0 Å². The fourth-order valence-electron chi connectivity index (χ4n) is 0.905. The van der Waals surface area contributed by atoms with Crippen molar-refractivity contribution in [2.75, 3.05) is 11.9 Å². The second-order valence-electron chi connectivity index (χ2n) is 2.80. The highest BCUT2D eigenvalue weighted by Gasteiger charge is 2.03. The number of carbonyl (C=O) groups is 1. The van der Waals surface area contributed by atoms with Crippen molar-refractivity contribution in [1.29, 1.82) is 0 Å². The number of urea groups is 1. The molecule has 0 aliphatic heterocycles. The monoisotopic (exact) mass is 288 g/mol. The molecule has 0 saturated carbocycles. The van der Waals surface area contributed by atoms with Crippen LogP contribution in [0.15, 0.2) is 35.3 Å². The molecule has 0 unspecified atom stereocenters. The summed E-state index contributed by atoms with van der Waals surface area (Å²) in [6.07, 6.45) is 0. The zero-order chi connectivity index (χ0) is 11.3. The Bertz CT molecular complexity index is 381. The van der Waals surface area contributed by atoms with E-state index in [0.717, 1.165) is 0 Å². The number of para-hydroxylation sites is 1.